The summed E-state index contributed by atoms with van der Waals surface area (Å²) in [7, 11) is 1.45. The fraction of sp³-hybridized carbons (Fsp3) is 0.167. The molecule has 26 heavy (non-hydrogen) atoms. The highest BCUT2D eigenvalue weighted by atomic mass is 32.1. The van der Waals surface area contributed by atoms with Gasteiger partial charge in [-0.15, -0.1) is 11.3 Å². The third-order valence-corrected chi connectivity index (χ3v) is 4.16. The van der Waals surface area contributed by atoms with E-state index < -0.39 is 12.1 Å². The molecule has 1 aromatic carbocycles. The van der Waals surface area contributed by atoms with Crippen LogP contribution in [0, 0.1) is 0 Å². The largest absolute Gasteiger partial charge is 0.513 e. The summed E-state index contributed by atoms with van der Waals surface area (Å²) in [6.07, 6.45) is 0.751. The lowest BCUT2D eigenvalue weighted by Gasteiger charge is -2.09. The summed E-state index contributed by atoms with van der Waals surface area (Å²) < 4.78 is 20.2. The van der Waals surface area contributed by atoms with Gasteiger partial charge in [0.2, 0.25) is 5.90 Å². The first kappa shape index (κ1) is 17.7. The van der Waals surface area contributed by atoms with Crippen LogP contribution in [-0.2, 0) is 14.3 Å². The van der Waals surface area contributed by atoms with Gasteiger partial charge in [-0.3, -0.25) is 0 Å². The highest BCUT2D eigenvalue weighted by Crippen LogP contribution is 2.30. The van der Waals surface area contributed by atoms with Crippen molar-refractivity contribution in [1.82, 2.24) is 0 Å². The Morgan fingerprint density at radius 3 is 2.85 bits per heavy atom. The second-order valence-electron chi connectivity index (χ2n) is 5.01. The summed E-state index contributed by atoms with van der Waals surface area (Å²) in [5.41, 5.74) is 0.815. The number of esters is 1. The lowest BCUT2D eigenvalue weighted by molar-refractivity contribution is -0.129. The Kier molecular flexibility index (Phi) is 5.33. The zero-order valence-electron chi connectivity index (χ0n) is 14.1. The summed E-state index contributed by atoms with van der Waals surface area (Å²) >= 11 is 1.43. The maximum Gasteiger partial charge on any atom is 0.513 e. The molecule has 2 heterocycles. The van der Waals surface area contributed by atoms with Crippen LogP contribution in [0.4, 0.5) is 4.79 Å². The number of carbonyl (C=O) groups excluding carboxylic acids is 2. The minimum atomic E-state index is -0.818. The number of carbonyl (C=O) groups is 2. The fourth-order valence-electron chi connectivity index (χ4n) is 2.17. The summed E-state index contributed by atoms with van der Waals surface area (Å²) in [5, 5.41) is 1.88. The van der Waals surface area contributed by atoms with Gasteiger partial charge in [0.1, 0.15) is 0 Å². The zero-order valence-corrected chi connectivity index (χ0v) is 14.9. The van der Waals surface area contributed by atoms with Crippen LogP contribution in [-0.4, -0.2) is 31.7 Å². The Morgan fingerprint density at radius 2 is 2.15 bits per heavy atom. The highest BCUT2D eigenvalue weighted by Gasteiger charge is 2.24. The van der Waals surface area contributed by atoms with Crippen LogP contribution < -0.4 is 9.47 Å². The Hall–Kier alpha value is -3.13. The average molecular weight is 373 g/mol. The van der Waals surface area contributed by atoms with Gasteiger partial charge in [0, 0.05) is 0 Å². The molecule has 1 aliphatic rings. The Bertz CT molecular complexity index is 885. The molecule has 1 aliphatic heterocycles. The summed E-state index contributed by atoms with van der Waals surface area (Å²) in [4.78, 5) is 28.5. The van der Waals surface area contributed by atoms with Crippen molar-refractivity contribution in [3.8, 4) is 11.5 Å². The maximum absolute atomic E-state index is 12.0. The van der Waals surface area contributed by atoms with Crippen molar-refractivity contribution in [2.45, 2.75) is 6.92 Å². The lowest BCUT2D eigenvalue weighted by Crippen LogP contribution is -2.10. The molecule has 1 aromatic heterocycles. The number of ether oxygens (including phenoxy) is 4. The first-order valence-corrected chi connectivity index (χ1v) is 8.57. The van der Waals surface area contributed by atoms with E-state index >= 15 is 0 Å². The molecule has 0 saturated heterocycles. The molecule has 0 unspecified atom stereocenters. The molecule has 0 amide bonds. The predicted molar refractivity (Wildman–Crippen MR) is 95.6 cm³/mol. The summed E-state index contributed by atoms with van der Waals surface area (Å²) in [6.45, 7) is 1.89. The molecule has 0 radical (unpaired) electrons. The Labute approximate surface area is 153 Å². The molecule has 0 aliphatic carbocycles. The number of hydrogen-bond donors (Lipinski definition) is 0. The van der Waals surface area contributed by atoms with E-state index in [0.29, 0.717) is 11.3 Å². The first-order chi connectivity index (χ1) is 12.6. The molecule has 0 fully saturated rings. The molecule has 8 heteroatoms. The summed E-state index contributed by atoms with van der Waals surface area (Å²) in [6, 6.07) is 8.51. The third-order valence-electron chi connectivity index (χ3n) is 3.30. The third kappa shape index (κ3) is 3.92. The van der Waals surface area contributed by atoms with Gasteiger partial charge in [-0.2, -0.15) is 0 Å². The van der Waals surface area contributed by atoms with Gasteiger partial charge < -0.3 is 18.9 Å². The monoisotopic (exact) mass is 373 g/mol. The molecule has 7 nitrogen and oxygen atoms in total. The normalized spacial score (nSPS) is 14.8. The van der Waals surface area contributed by atoms with Gasteiger partial charge in [0.05, 0.1) is 18.6 Å². The van der Waals surface area contributed by atoms with Gasteiger partial charge in [-0.1, -0.05) is 12.1 Å². The number of cyclic esters (lactones) is 1. The number of nitrogens with zero attached hydrogens (tertiary/aromatic N) is 1. The van der Waals surface area contributed by atoms with E-state index in [1.165, 1.54) is 18.4 Å². The molecule has 0 atom stereocenters. The molecule has 134 valence electrons. The molecule has 0 N–H and O–H groups in total. The number of hydrogen-bond acceptors (Lipinski definition) is 8. The van der Waals surface area contributed by atoms with Crippen molar-refractivity contribution in [2.24, 2.45) is 4.99 Å². The van der Waals surface area contributed by atoms with Crippen molar-refractivity contribution in [1.29, 1.82) is 0 Å². The number of aliphatic imine (C=N–C) groups is 1. The average Bonchev–Trinajstić information content (AvgIpc) is 3.27. The van der Waals surface area contributed by atoms with E-state index in [2.05, 4.69) is 4.99 Å². The maximum atomic E-state index is 12.0. The molecule has 0 spiro atoms. The molecular weight excluding hydrogens is 358 g/mol. The van der Waals surface area contributed by atoms with Crippen molar-refractivity contribution < 1.29 is 28.5 Å². The minimum Gasteiger partial charge on any atom is -0.493 e. The summed E-state index contributed by atoms with van der Waals surface area (Å²) in [5.74, 6) is 0.288. The Morgan fingerprint density at radius 1 is 1.31 bits per heavy atom. The number of benzene rings is 1. The topological polar surface area (TPSA) is 83.4 Å². The second kappa shape index (κ2) is 7.83. The van der Waals surface area contributed by atoms with Crippen LogP contribution in [0.2, 0.25) is 0 Å². The van der Waals surface area contributed by atoms with Crippen LogP contribution in [0.1, 0.15) is 17.4 Å². The van der Waals surface area contributed by atoms with Crippen LogP contribution in [0.5, 0.6) is 11.5 Å². The zero-order chi connectivity index (χ0) is 18.5. The first-order valence-electron chi connectivity index (χ1n) is 7.69. The van der Waals surface area contributed by atoms with E-state index in [1.807, 2.05) is 17.5 Å². The van der Waals surface area contributed by atoms with Gasteiger partial charge in [-0.05, 0) is 42.1 Å². The van der Waals surface area contributed by atoms with Gasteiger partial charge in [-0.25, -0.2) is 14.6 Å². The molecule has 2 aromatic rings. The standard InChI is InChI=1S/C18H15NO6S/c1-3-23-18(21)24-13-7-6-11(10-14(13)22-2)9-12-17(20)25-16(19-12)15-5-4-8-26-15/h4-10H,3H2,1-2H3/b12-9-. The lowest BCUT2D eigenvalue weighted by atomic mass is 10.1. The second-order valence-corrected chi connectivity index (χ2v) is 5.96. The predicted octanol–water partition coefficient (Wildman–Crippen LogP) is 3.64. The molecular formula is C18H15NO6S. The van der Waals surface area contributed by atoms with Crippen molar-refractivity contribution in [3.05, 3.63) is 51.8 Å². The molecule has 3 rings (SSSR count). The SMILES string of the molecule is CCOC(=O)Oc1ccc(/C=C2\N=C(c3cccs3)OC2=O)cc1OC. The van der Waals surface area contributed by atoms with Crippen molar-refractivity contribution in [2.75, 3.05) is 13.7 Å². The van der Waals surface area contributed by atoms with Crippen molar-refractivity contribution >= 4 is 35.4 Å². The molecule has 0 saturated carbocycles. The number of methoxy groups -OCH3 is 1. The van der Waals surface area contributed by atoms with Crippen molar-refractivity contribution in [3.63, 3.8) is 0 Å². The van der Waals surface area contributed by atoms with Gasteiger partial charge >= 0.3 is 12.1 Å². The molecule has 0 bridgehead atoms. The smallest absolute Gasteiger partial charge is 0.493 e. The van der Waals surface area contributed by atoms with E-state index in [0.717, 1.165) is 4.88 Å². The minimum absolute atomic E-state index is 0.175. The van der Waals surface area contributed by atoms with Crippen LogP contribution in [0.15, 0.2) is 46.4 Å². The van der Waals surface area contributed by atoms with E-state index in [-0.39, 0.29) is 24.0 Å². The van der Waals surface area contributed by atoms with Crippen LogP contribution in [0.3, 0.4) is 0 Å². The number of rotatable bonds is 5. The highest BCUT2D eigenvalue weighted by molar-refractivity contribution is 7.12. The van der Waals surface area contributed by atoms with E-state index in [9.17, 15) is 9.59 Å². The fourth-order valence-corrected chi connectivity index (χ4v) is 2.82. The quantitative estimate of drug-likeness (QED) is 0.452. The Balaban J connectivity index is 1.84. The van der Waals surface area contributed by atoms with Crippen LogP contribution >= 0.6 is 11.3 Å². The van der Waals surface area contributed by atoms with Crippen LogP contribution in [0.25, 0.3) is 6.08 Å². The number of thiophene rings is 1. The van der Waals surface area contributed by atoms with E-state index in [1.54, 1.807) is 31.2 Å². The van der Waals surface area contributed by atoms with E-state index in [4.69, 9.17) is 18.9 Å². The van der Waals surface area contributed by atoms with Gasteiger partial charge in [0.25, 0.3) is 0 Å². The van der Waals surface area contributed by atoms with Gasteiger partial charge in [0.15, 0.2) is 17.2 Å².